The molecule has 6 heteroatoms. The molecule has 0 aliphatic heterocycles. The number of halogens is 1. The molecule has 0 saturated heterocycles. The van der Waals surface area contributed by atoms with Gasteiger partial charge < -0.3 is 14.5 Å². The lowest BCUT2D eigenvalue weighted by Crippen LogP contribution is -2.26. The molecule has 5 nitrogen and oxygen atoms in total. The standard InChI is InChI=1S/C27H25FN2O3/c1-18(21-13-14-23(32-2)22(28)17-21)29-24(31)15-16-25-30-26(19-9-5-3-6-10-19)27(33-25)20-11-7-4-8-12-20/h3-14,17-18H,15-16H2,1-2H3,(H,29,31)/t18-/m0/s1. The molecule has 1 amide bonds. The van der Waals surface area contributed by atoms with Crippen molar-refractivity contribution in [2.75, 3.05) is 7.11 Å². The molecule has 1 atom stereocenters. The zero-order valence-electron chi connectivity index (χ0n) is 18.5. The van der Waals surface area contributed by atoms with E-state index in [4.69, 9.17) is 9.15 Å². The smallest absolute Gasteiger partial charge is 0.220 e. The summed E-state index contributed by atoms with van der Waals surface area (Å²) in [7, 11) is 1.42. The van der Waals surface area contributed by atoms with Gasteiger partial charge in [-0.3, -0.25) is 4.79 Å². The predicted octanol–water partition coefficient (Wildman–Crippen LogP) is 5.97. The third kappa shape index (κ3) is 5.29. The molecule has 33 heavy (non-hydrogen) atoms. The summed E-state index contributed by atoms with van der Waals surface area (Å²) < 4.78 is 25.0. The summed E-state index contributed by atoms with van der Waals surface area (Å²) in [5.74, 6) is 0.715. The van der Waals surface area contributed by atoms with Crippen LogP contribution in [0.15, 0.2) is 83.3 Å². The summed E-state index contributed by atoms with van der Waals surface area (Å²) in [6.07, 6.45) is 0.550. The van der Waals surface area contributed by atoms with Gasteiger partial charge in [0.25, 0.3) is 0 Å². The molecule has 0 unspecified atom stereocenters. The number of hydrogen-bond donors (Lipinski definition) is 1. The highest BCUT2D eigenvalue weighted by molar-refractivity contribution is 5.78. The van der Waals surface area contributed by atoms with Gasteiger partial charge in [-0.25, -0.2) is 9.37 Å². The molecule has 0 spiro atoms. The molecule has 1 aromatic heterocycles. The second-order valence-electron chi connectivity index (χ2n) is 7.70. The van der Waals surface area contributed by atoms with Crippen molar-refractivity contribution in [3.63, 3.8) is 0 Å². The van der Waals surface area contributed by atoms with Gasteiger partial charge in [-0.2, -0.15) is 0 Å². The van der Waals surface area contributed by atoms with Crippen molar-refractivity contribution in [3.05, 3.63) is 96.1 Å². The molecule has 0 bridgehead atoms. The molecular formula is C27H25FN2O3. The average molecular weight is 445 g/mol. The van der Waals surface area contributed by atoms with Crippen LogP contribution in [0.3, 0.4) is 0 Å². The Morgan fingerprint density at radius 3 is 2.33 bits per heavy atom. The van der Waals surface area contributed by atoms with Crippen LogP contribution in [0.4, 0.5) is 4.39 Å². The van der Waals surface area contributed by atoms with Crippen molar-refractivity contribution in [2.45, 2.75) is 25.8 Å². The predicted molar refractivity (Wildman–Crippen MR) is 125 cm³/mol. The summed E-state index contributed by atoms with van der Waals surface area (Å²) in [5.41, 5.74) is 3.29. The number of nitrogens with one attached hydrogen (secondary N) is 1. The molecule has 0 aliphatic rings. The molecule has 0 radical (unpaired) electrons. The van der Waals surface area contributed by atoms with E-state index in [1.807, 2.05) is 67.6 Å². The monoisotopic (exact) mass is 444 g/mol. The molecule has 3 aromatic carbocycles. The lowest BCUT2D eigenvalue weighted by Gasteiger charge is -2.15. The van der Waals surface area contributed by atoms with Crippen LogP contribution in [0, 0.1) is 5.82 Å². The van der Waals surface area contributed by atoms with E-state index >= 15 is 0 Å². The van der Waals surface area contributed by atoms with Crippen LogP contribution in [-0.2, 0) is 11.2 Å². The van der Waals surface area contributed by atoms with Gasteiger partial charge in [-0.05, 0) is 24.6 Å². The van der Waals surface area contributed by atoms with Crippen LogP contribution in [0.25, 0.3) is 22.6 Å². The van der Waals surface area contributed by atoms with E-state index < -0.39 is 5.82 Å². The number of methoxy groups -OCH3 is 1. The maximum absolute atomic E-state index is 14.0. The Kier molecular flexibility index (Phi) is 6.83. The number of nitrogens with zero attached hydrogens (tertiary/aromatic N) is 1. The highest BCUT2D eigenvalue weighted by Crippen LogP contribution is 2.33. The summed E-state index contributed by atoms with van der Waals surface area (Å²) in [5, 5.41) is 2.90. The van der Waals surface area contributed by atoms with Crippen molar-refractivity contribution in [1.29, 1.82) is 0 Å². The molecular weight excluding hydrogens is 419 g/mol. The maximum Gasteiger partial charge on any atom is 0.220 e. The zero-order chi connectivity index (χ0) is 23.2. The normalized spacial score (nSPS) is 11.7. The number of benzene rings is 3. The van der Waals surface area contributed by atoms with E-state index in [-0.39, 0.29) is 24.1 Å². The van der Waals surface area contributed by atoms with Gasteiger partial charge in [0.1, 0.15) is 5.69 Å². The summed E-state index contributed by atoms with van der Waals surface area (Å²) >= 11 is 0. The van der Waals surface area contributed by atoms with E-state index in [1.54, 1.807) is 12.1 Å². The fraction of sp³-hybridized carbons (Fsp3) is 0.185. The second-order valence-corrected chi connectivity index (χ2v) is 7.70. The van der Waals surface area contributed by atoms with Crippen molar-refractivity contribution in [1.82, 2.24) is 10.3 Å². The van der Waals surface area contributed by atoms with Crippen molar-refractivity contribution in [3.8, 4) is 28.3 Å². The summed E-state index contributed by atoms with van der Waals surface area (Å²) in [6, 6.07) is 23.9. The van der Waals surface area contributed by atoms with Crippen LogP contribution in [0.1, 0.15) is 30.8 Å². The summed E-state index contributed by atoms with van der Waals surface area (Å²) in [6.45, 7) is 1.81. The minimum atomic E-state index is -0.460. The first-order chi connectivity index (χ1) is 16.0. The molecule has 4 aromatic rings. The molecule has 0 fully saturated rings. The Morgan fingerprint density at radius 1 is 1.03 bits per heavy atom. The van der Waals surface area contributed by atoms with Gasteiger partial charge in [0.2, 0.25) is 5.91 Å². The quantitative estimate of drug-likeness (QED) is 0.364. The third-order valence-electron chi connectivity index (χ3n) is 5.37. The highest BCUT2D eigenvalue weighted by atomic mass is 19.1. The largest absolute Gasteiger partial charge is 0.494 e. The van der Waals surface area contributed by atoms with Gasteiger partial charge in [-0.15, -0.1) is 0 Å². The molecule has 0 saturated carbocycles. The van der Waals surface area contributed by atoms with E-state index in [9.17, 15) is 9.18 Å². The highest BCUT2D eigenvalue weighted by Gasteiger charge is 2.18. The Morgan fingerprint density at radius 2 is 1.70 bits per heavy atom. The zero-order valence-corrected chi connectivity index (χ0v) is 18.5. The first-order valence-electron chi connectivity index (χ1n) is 10.8. The molecule has 168 valence electrons. The third-order valence-corrected chi connectivity index (χ3v) is 5.37. The van der Waals surface area contributed by atoms with Crippen LogP contribution < -0.4 is 10.1 Å². The average Bonchev–Trinajstić information content (AvgIpc) is 3.28. The second kappa shape index (κ2) is 10.1. The number of oxazole rings is 1. The fourth-order valence-electron chi connectivity index (χ4n) is 3.62. The van der Waals surface area contributed by atoms with Gasteiger partial charge in [0.05, 0.1) is 13.2 Å². The van der Waals surface area contributed by atoms with E-state index in [2.05, 4.69) is 10.3 Å². The Hall–Kier alpha value is -3.93. The van der Waals surface area contributed by atoms with Crippen molar-refractivity contribution >= 4 is 5.91 Å². The fourth-order valence-corrected chi connectivity index (χ4v) is 3.62. The van der Waals surface area contributed by atoms with Crippen LogP contribution in [-0.4, -0.2) is 18.0 Å². The Labute approximate surface area is 192 Å². The first kappa shape index (κ1) is 22.3. The number of aromatic nitrogens is 1. The van der Waals surface area contributed by atoms with Gasteiger partial charge in [-0.1, -0.05) is 66.7 Å². The number of carbonyl (C=O) groups excluding carboxylic acids is 1. The number of aryl methyl sites for hydroxylation is 1. The number of carbonyl (C=O) groups is 1. The van der Waals surface area contributed by atoms with Gasteiger partial charge >= 0.3 is 0 Å². The molecule has 4 rings (SSSR count). The lowest BCUT2D eigenvalue weighted by atomic mass is 10.1. The van der Waals surface area contributed by atoms with Crippen molar-refractivity contribution < 1.29 is 18.3 Å². The molecule has 1 N–H and O–H groups in total. The van der Waals surface area contributed by atoms with Crippen molar-refractivity contribution in [2.24, 2.45) is 0 Å². The number of amides is 1. The topological polar surface area (TPSA) is 64.4 Å². The minimum absolute atomic E-state index is 0.167. The van der Waals surface area contributed by atoms with E-state index in [0.717, 1.165) is 16.8 Å². The lowest BCUT2D eigenvalue weighted by molar-refractivity contribution is -0.121. The molecule has 0 aliphatic carbocycles. The number of ether oxygens (including phenoxy) is 1. The number of hydrogen-bond acceptors (Lipinski definition) is 4. The van der Waals surface area contributed by atoms with E-state index in [1.165, 1.54) is 13.2 Å². The van der Waals surface area contributed by atoms with Gasteiger partial charge in [0.15, 0.2) is 23.2 Å². The Balaban J connectivity index is 1.46. The SMILES string of the molecule is COc1ccc([C@H](C)NC(=O)CCc2nc(-c3ccccc3)c(-c3ccccc3)o2)cc1F. The van der Waals surface area contributed by atoms with Crippen LogP contribution >= 0.6 is 0 Å². The summed E-state index contributed by atoms with van der Waals surface area (Å²) in [4.78, 5) is 17.2. The van der Waals surface area contributed by atoms with E-state index in [0.29, 0.717) is 23.6 Å². The maximum atomic E-state index is 14.0. The van der Waals surface area contributed by atoms with Crippen LogP contribution in [0.5, 0.6) is 5.75 Å². The molecule has 1 heterocycles. The van der Waals surface area contributed by atoms with Crippen LogP contribution in [0.2, 0.25) is 0 Å². The first-order valence-corrected chi connectivity index (χ1v) is 10.8. The van der Waals surface area contributed by atoms with Gasteiger partial charge in [0, 0.05) is 24.0 Å². The Bertz CT molecular complexity index is 1170. The minimum Gasteiger partial charge on any atom is -0.494 e. The number of rotatable bonds is 8.